The Balaban J connectivity index is 1.80. The number of carbonyl (C=O) groups is 1. The predicted octanol–water partition coefficient (Wildman–Crippen LogP) is 1.49. The lowest BCUT2D eigenvalue weighted by atomic mass is 10.1. The summed E-state index contributed by atoms with van der Waals surface area (Å²) in [5.74, 6) is 0.549. The van der Waals surface area contributed by atoms with Crippen molar-refractivity contribution in [1.29, 1.82) is 0 Å². The normalized spacial score (nSPS) is 10.9. The molecule has 7 nitrogen and oxygen atoms in total. The number of hydrazone groups is 1. The highest BCUT2D eigenvalue weighted by atomic mass is 16.5. The van der Waals surface area contributed by atoms with Gasteiger partial charge in [-0.2, -0.15) is 5.10 Å². The molecule has 0 unspecified atom stereocenters. The molecule has 2 rings (SSSR count). The Bertz CT molecular complexity index is 729. The van der Waals surface area contributed by atoms with Crippen LogP contribution < -0.4 is 15.7 Å². The van der Waals surface area contributed by atoms with Gasteiger partial charge >= 0.3 is 0 Å². The molecule has 3 N–H and O–H groups in total. The summed E-state index contributed by atoms with van der Waals surface area (Å²) in [5, 5.41) is 9.12. The van der Waals surface area contributed by atoms with Crippen molar-refractivity contribution in [2.45, 2.75) is 26.7 Å². The van der Waals surface area contributed by atoms with Gasteiger partial charge in [-0.3, -0.25) is 14.7 Å². The van der Waals surface area contributed by atoms with Crippen LogP contribution in [0, 0.1) is 6.92 Å². The Hall–Kier alpha value is -2.83. The number of hydrogen-bond acceptors (Lipinski definition) is 4. The third kappa shape index (κ3) is 4.84. The van der Waals surface area contributed by atoms with Crippen LogP contribution in [0.25, 0.3) is 0 Å². The molecule has 0 spiro atoms. The summed E-state index contributed by atoms with van der Waals surface area (Å²) in [7, 11) is 0. The first-order valence-electron chi connectivity index (χ1n) is 7.41. The molecule has 0 saturated heterocycles. The Kier molecular flexibility index (Phi) is 5.74. The third-order valence-electron chi connectivity index (χ3n) is 3.29. The Labute approximate surface area is 133 Å². The number of aromatic nitrogens is 2. The average molecular weight is 316 g/mol. The maximum atomic E-state index is 11.7. The summed E-state index contributed by atoms with van der Waals surface area (Å²) in [6, 6.07) is 7.38. The van der Waals surface area contributed by atoms with Crippen molar-refractivity contribution < 1.29 is 9.53 Å². The fraction of sp³-hybridized carbons (Fsp3) is 0.312. The van der Waals surface area contributed by atoms with Crippen LogP contribution >= 0.6 is 0 Å². The van der Waals surface area contributed by atoms with Gasteiger partial charge in [-0.1, -0.05) is 0 Å². The van der Waals surface area contributed by atoms with Gasteiger partial charge in [0.25, 0.3) is 5.56 Å². The Morgan fingerprint density at radius 1 is 1.30 bits per heavy atom. The molecule has 2 aromatic rings. The standard InChI is InChI=1S/C16H20N4O3/c1-3-23-13-6-4-12(5-7-13)10-17-19-15(21)9-8-14-11(2)18-20-16(14)22/h4-7,10H,3,8-9H2,1-2H3,(H,19,21)(H2,18,20,22)/b17-10-. The van der Waals surface area contributed by atoms with Crippen LogP contribution in [0.2, 0.25) is 0 Å². The van der Waals surface area contributed by atoms with Gasteiger partial charge < -0.3 is 9.84 Å². The molecule has 0 fully saturated rings. The molecular formula is C16H20N4O3. The minimum absolute atomic E-state index is 0.187. The number of nitrogens with one attached hydrogen (secondary N) is 3. The topological polar surface area (TPSA) is 99.3 Å². The number of hydrogen-bond donors (Lipinski definition) is 3. The maximum Gasteiger partial charge on any atom is 0.267 e. The summed E-state index contributed by atoms with van der Waals surface area (Å²) < 4.78 is 5.35. The van der Waals surface area contributed by atoms with Gasteiger partial charge in [-0.05, 0) is 50.1 Å². The van der Waals surface area contributed by atoms with Crippen molar-refractivity contribution in [2.24, 2.45) is 5.10 Å². The van der Waals surface area contributed by atoms with Gasteiger partial charge in [-0.25, -0.2) is 5.43 Å². The van der Waals surface area contributed by atoms with Gasteiger partial charge in [0.15, 0.2) is 0 Å². The molecule has 0 aliphatic heterocycles. The van der Waals surface area contributed by atoms with E-state index in [1.165, 1.54) is 0 Å². The molecule has 23 heavy (non-hydrogen) atoms. The summed E-state index contributed by atoms with van der Waals surface area (Å²) >= 11 is 0. The second kappa shape index (κ2) is 7.98. The monoisotopic (exact) mass is 316 g/mol. The van der Waals surface area contributed by atoms with Crippen molar-refractivity contribution in [3.63, 3.8) is 0 Å². The van der Waals surface area contributed by atoms with E-state index in [-0.39, 0.29) is 17.9 Å². The number of aromatic amines is 2. The molecule has 1 aromatic heterocycles. The molecular weight excluding hydrogens is 296 g/mol. The van der Waals surface area contributed by atoms with E-state index in [0.717, 1.165) is 17.0 Å². The highest BCUT2D eigenvalue weighted by Crippen LogP contribution is 2.10. The highest BCUT2D eigenvalue weighted by molar-refractivity contribution is 5.82. The van der Waals surface area contributed by atoms with Crippen LogP contribution in [0.5, 0.6) is 5.75 Å². The third-order valence-corrected chi connectivity index (χ3v) is 3.29. The maximum absolute atomic E-state index is 11.7. The lowest BCUT2D eigenvalue weighted by molar-refractivity contribution is -0.121. The molecule has 1 heterocycles. The number of amides is 1. The second-order valence-electron chi connectivity index (χ2n) is 4.98. The SMILES string of the molecule is CCOc1ccc(/C=N\NC(=O)CCc2c(C)[nH][nH]c2=O)cc1. The van der Waals surface area contributed by atoms with Crippen molar-refractivity contribution >= 4 is 12.1 Å². The summed E-state index contributed by atoms with van der Waals surface area (Å²) in [5.41, 5.74) is 4.46. The molecule has 0 radical (unpaired) electrons. The zero-order valence-corrected chi connectivity index (χ0v) is 13.2. The Morgan fingerprint density at radius 2 is 2.04 bits per heavy atom. The molecule has 7 heteroatoms. The van der Waals surface area contributed by atoms with Gasteiger partial charge in [0.05, 0.1) is 12.8 Å². The van der Waals surface area contributed by atoms with Gasteiger partial charge in [0.1, 0.15) is 5.75 Å². The number of aryl methyl sites for hydroxylation is 1. The van der Waals surface area contributed by atoms with Gasteiger partial charge in [0.2, 0.25) is 5.91 Å². The quantitative estimate of drug-likeness (QED) is 0.533. The largest absolute Gasteiger partial charge is 0.494 e. The van der Waals surface area contributed by atoms with E-state index in [0.29, 0.717) is 18.6 Å². The lowest BCUT2D eigenvalue weighted by Gasteiger charge is -2.02. The van der Waals surface area contributed by atoms with Crippen molar-refractivity contribution in [1.82, 2.24) is 15.6 Å². The van der Waals surface area contributed by atoms with E-state index in [9.17, 15) is 9.59 Å². The molecule has 1 amide bonds. The van der Waals surface area contributed by atoms with E-state index in [2.05, 4.69) is 20.7 Å². The van der Waals surface area contributed by atoms with Crippen molar-refractivity contribution in [3.05, 3.63) is 51.4 Å². The van der Waals surface area contributed by atoms with E-state index in [4.69, 9.17) is 4.74 Å². The smallest absolute Gasteiger partial charge is 0.267 e. The fourth-order valence-electron chi connectivity index (χ4n) is 2.06. The van der Waals surface area contributed by atoms with Crippen LogP contribution in [0.3, 0.4) is 0 Å². The number of ether oxygens (including phenoxy) is 1. The van der Waals surface area contributed by atoms with Crippen LogP contribution in [0.15, 0.2) is 34.2 Å². The fourth-order valence-corrected chi connectivity index (χ4v) is 2.06. The molecule has 0 bridgehead atoms. The van der Waals surface area contributed by atoms with E-state index in [1.807, 2.05) is 31.2 Å². The van der Waals surface area contributed by atoms with Crippen LogP contribution in [-0.2, 0) is 11.2 Å². The van der Waals surface area contributed by atoms with E-state index < -0.39 is 0 Å². The number of benzene rings is 1. The average Bonchev–Trinajstić information content (AvgIpc) is 2.86. The van der Waals surface area contributed by atoms with Crippen LogP contribution in [0.1, 0.15) is 30.2 Å². The molecule has 0 aliphatic rings. The molecule has 122 valence electrons. The lowest BCUT2D eigenvalue weighted by Crippen LogP contribution is -2.19. The first kappa shape index (κ1) is 16.5. The van der Waals surface area contributed by atoms with Gasteiger partial charge in [-0.15, -0.1) is 0 Å². The summed E-state index contributed by atoms with van der Waals surface area (Å²) in [6.07, 6.45) is 2.12. The number of carbonyl (C=O) groups excluding carboxylic acids is 1. The molecule has 0 saturated carbocycles. The van der Waals surface area contributed by atoms with Crippen molar-refractivity contribution in [2.75, 3.05) is 6.61 Å². The number of H-pyrrole nitrogens is 2. The molecule has 0 atom stereocenters. The summed E-state index contributed by atoms with van der Waals surface area (Å²) in [4.78, 5) is 23.2. The first-order chi connectivity index (χ1) is 11.1. The van der Waals surface area contributed by atoms with E-state index in [1.54, 1.807) is 13.1 Å². The summed E-state index contributed by atoms with van der Waals surface area (Å²) in [6.45, 7) is 4.33. The van der Waals surface area contributed by atoms with Crippen LogP contribution in [-0.4, -0.2) is 28.9 Å². The minimum atomic E-state index is -0.243. The predicted molar refractivity (Wildman–Crippen MR) is 87.8 cm³/mol. The molecule has 0 aliphatic carbocycles. The second-order valence-corrected chi connectivity index (χ2v) is 4.98. The van der Waals surface area contributed by atoms with Gasteiger partial charge in [0, 0.05) is 17.7 Å². The van der Waals surface area contributed by atoms with Crippen LogP contribution in [0.4, 0.5) is 0 Å². The van der Waals surface area contributed by atoms with E-state index >= 15 is 0 Å². The number of nitrogens with zero attached hydrogens (tertiary/aromatic N) is 1. The zero-order chi connectivity index (χ0) is 16.7. The highest BCUT2D eigenvalue weighted by Gasteiger charge is 2.08. The number of rotatable bonds is 7. The zero-order valence-electron chi connectivity index (χ0n) is 13.2. The van der Waals surface area contributed by atoms with Crippen molar-refractivity contribution in [3.8, 4) is 5.75 Å². The first-order valence-corrected chi connectivity index (χ1v) is 7.41. The molecule has 1 aromatic carbocycles. The minimum Gasteiger partial charge on any atom is -0.494 e. The Morgan fingerprint density at radius 3 is 2.65 bits per heavy atom.